The van der Waals surface area contributed by atoms with E-state index < -0.39 is 29.0 Å². The minimum absolute atomic E-state index is 0.0511. The van der Waals surface area contributed by atoms with Gasteiger partial charge in [0.05, 0.1) is 24.2 Å². The van der Waals surface area contributed by atoms with Crippen molar-refractivity contribution >= 4 is 5.97 Å². The minimum atomic E-state index is -0.886. The average Bonchev–Trinajstić information content (AvgIpc) is 2.52. The van der Waals surface area contributed by atoms with Crippen molar-refractivity contribution in [1.29, 1.82) is 0 Å². The van der Waals surface area contributed by atoms with Crippen LogP contribution in [0.1, 0.15) is 59.3 Å². The topological polar surface area (TPSA) is 98.0 Å². The van der Waals surface area contributed by atoms with E-state index in [2.05, 4.69) is 13.0 Å². The predicted octanol–water partition coefficient (Wildman–Crippen LogP) is 2.34. The minimum Gasteiger partial charge on any atom is -0.481 e. The second-order valence-electron chi connectivity index (χ2n) is 9.40. The van der Waals surface area contributed by atoms with E-state index in [0.29, 0.717) is 12.8 Å². The Hall–Kier alpha value is -0.910. The van der Waals surface area contributed by atoms with Crippen molar-refractivity contribution in [3.63, 3.8) is 0 Å². The lowest BCUT2D eigenvalue weighted by Gasteiger charge is -2.60. The molecule has 25 heavy (non-hydrogen) atoms. The van der Waals surface area contributed by atoms with Crippen LogP contribution in [0.3, 0.4) is 0 Å². The highest BCUT2D eigenvalue weighted by molar-refractivity contribution is 5.75. The van der Waals surface area contributed by atoms with Crippen LogP contribution >= 0.6 is 0 Å². The molecule has 7 atom stereocenters. The Kier molecular flexibility index (Phi) is 4.58. The van der Waals surface area contributed by atoms with Crippen molar-refractivity contribution in [2.75, 3.05) is 6.61 Å². The molecule has 0 aromatic rings. The Labute approximate surface area is 149 Å². The second-order valence-corrected chi connectivity index (χ2v) is 9.40. The summed E-state index contributed by atoms with van der Waals surface area (Å²) in [5.41, 5.74) is -0.265. The number of carboxylic acid groups (broad SMARTS) is 1. The molecule has 0 saturated heterocycles. The first-order valence-corrected chi connectivity index (χ1v) is 9.49. The van der Waals surface area contributed by atoms with Gasteiger partial charge in [-0.25, -0.2) is 0 Å². The molecule has 5 nitrogen and oxygen atoms in total. The first-order chi connectivity index (χ1) is 11.6. The highest BCUT2D eigenvalue weighted by Gasteiger charge is 2.60. The Morgan fingerprint density at radius 1 is 1.28 bits per heavy atom. The molecule has 3 aliphatic carbocycles. The molecule has 3 rings (SSSR count). The first kappa shape index (κ1) is 18.9. The van der Waals surface area contributed by atoms with Crippen LogP contribution < -0.4 is 0 Å². The van der Waals surface area contributed by atoms with E-state index in [9.17, 15) is 25.2 Å². The maximum Gasteiger partial charge on any atom is 0.309 e. The maximum atomic E-state index is 12.0. The summed E-state index contributed by atoms with van der Waals surface area (Å²) in [5, 5.41) is 39.9. The molecule has 0 bridgehead atoms. The molecular formula is C20H32O5. The standard InChI is InChI=1S/C20H32O5/c1-18(16(23)11-21)7-6-14-12(8-18)4-5-15-19(14,2)9-13(22)10-20(15,3)17(24)25/h8,13-16,21-23H,4-7,9-11H2,1-3H3,(H,24,25)/t13-,14+,15-,16-,18-,19-,20+/m0/s1. The van der Waals surface area contributed by atoms with E-state index in [1.54, 1.807) is 6.92 Å². The number of aliphatic hydroxyl groups is 3. The van der Waals surface area contributed by atoms with Crippen LogP contribution in [0, 0.1) is 28.1 Å². The normalized spacial score (nSPS) is 48.1. The summed E-state index contributed by atoms with van der Waals surface area (Å²) in [6.45, 7) is 5.70. The van der Waals surface area contributed by atoms with Crippen LogP contribution in [0.25, 0.3) is 0 Å². The van der Waals surface area contributed by atoms with Gasteiger partial charge in [0, 0.05) is 5.41 Å². The molecule has 2 saturated carbocycles. The van der Waals surface area contributed by atoms with Crippen molar-refractivity contribution in [3.8, 4) is 0 Å². The molecule has 2 fully saturated rings. The maximum absolute atomic E-state index is 12.0. The molecule has 0 amide bonds. The fourth-order valence-corrected chi connectivity index (χ4v) is 6.37. The van der Waals surface area contributed by atoms with Crippen molar-refractivity contribution < 1.29 is 25.2 Å². The Morgan fingerprint density at radius 2 is 1.96 bits per heavy atom. The first-order valence-electron chi connectivity index (χ1n) is 9.49. The van der Waals surface area contributed by atoms with E-state index in [4.69, 9.17) is 0 Å². The smallest absolute Gasteiger partial charge is 0.309 e. The van der Waals surface area contributed by atoms with E-state index in [-0.39, 0.29) is 23.9 Å². The fourth-order valence-electron chi connectivity index (χ4n) is 6.37. The van der Waals surface area contributed by atoms with Gasteiger partial charge in [-0.15, -0.1) is 0 Å². The van der Waals surface area contributed by atoms with E-state index in [1.807, 2.05) is 6.92 Å². The monoisotopic (exact) mass is 352 g/mol. The lowest BCUT2D eigenvalue weighted by Crippen LogP contribution is -2.57. The summed E-state index contributed by atoms with van der Waals surface area (Å²) in [6, 6.07) is 0. The number of aliphatic hydroxyl groups excluding tert-OH is 3. The molecular weight excluding hydrogens is 320 g/mol. The predicted molar refractivity (Wildman–Crippen MR) is 93.8 cm³/mol. The largest absolute Gasteiger partial charge is 0.481 e. The summed E-state index contributed by atoms with van der Waals surface area (Å²) in [6.07, 6.45) is 5.04. The quantitative estimate of drug-likeness (QED) is 0.585. The van der Waals surface area contributed by atoms with Gasteiger partial charge in [-0.2, -0.15) is 0 Å². The van der Waals surface area contributed by atoms with Crippen LogP contribution in [0.4, 0.5) is 0 Å². The zero-order chi connectivity index (χ0) is 18.6. The number of rotatable bonds is 3. The lowest BCUT2D eigenvalue weighted by atomic mass is 9.44. The van der Waals surface area contributed by atoms with Crippen LogP contribution in [0.15, 0.2) is 11.6 Å². The van der Waals surface area contributed by atoms with Crippen molar-refractivity contribution in [3.05, 3.63) is 11.6 Å². The van der Waals surface area contributed by atoms with Gasteiger partial charge >= 0.3 is 5.97 Å². The van der Waals surface area contributed by atoms with Crippen molar-refractivity contribution in [1.82, 2.24) is 0 Å². The van der Waals surface area contributed by atoms with E-state index in [1.165, 1.54) is 5.57 Å². The molecule has 4 N–H and O–H groups in total. The number of fused-ring (bicyclic) bond motifs is 3. The van der Waals surface area contributed by atoms with E-state index in [0.717, 1.165) is 25.7 Å². The second kappa shape index (κ2) is 6.07. The highest BCUT2D eigenvalue weighted by Crippen LogP contribution is 2.64. The zero-order valence-corrected chi connectivity index (χ0v) is 15.5. The van der Waals surface area contributed by atoms with Crippen molar-refractivity contribution in [2.24, 2.45) is 28.1 Å². The zero-order valence-electron chi connectivity index (χ0n) is 15.5. The van der Waals surface area contributed by atoms with Gasteiger partial charge in [-0.05, 0) is 62.7 Å². The number of hydrogen-bond acceptors (Lipinski definition) is 4. The number of hydrogen-bond donors (Lipinski definition) is 4. The van der Waals surface area contributed by atoms with Gasteiger partial charge in [-0.1, -0.05) is 25.5 Å². The van der Waals surface area contributed by atoms with Crippen LogP contribution in [0.5, 0.6) is 0 Å². The molecule has 0 aromatic heterocycles. The Balaban J connectivity index is 1.98. The third-order valence-electron chi connectivity index (χ3n) is 7.78. The summed E-state index contributed by atoms with van der Waals surface area (Å²) in [4.78, 5) is 12.0. The third kappa shape index (κ3) is 2.75. The van der Waals surface area contributed by atoms with Gasteiger partial charge in [0.1, 0.15) is 0 Å². The Morgan fingerprint density at radius 3 is 2.56 bits per heavy atom. The van der Waals surface area contributed by atoms with Crippen LogP contribution in [-0.2, 0) is 4.79 Å². The SMILES string of the molecule is C[C@@]12C[C@H](O)C[C@@](C)(C(=O)O)[C@H]1CCC1=C[C@@](C)([C@@H](O)CO)CC[C@H]12. The summed E-state index contributed by atoms with van der Waals surface area (Å²) in [7, 11) is 0. The summed E-state index contributed by atoms with van der Waals surface area (Å²) < 4.78 is 0. The van der Waals surface area contributed by atoms with E-state index >= 15 is 0 Å². The van der Waals surface area contributed by atoms with Gasteiger partial charge in [0.15, 0.2) is 0 Å². The Bertz CT molecular complexity index is 587. The highest BCUT2D eigenvalue weighted by atomic mass is 16.4. The molecule has 0 spiro atoms. The van der Waals surface area contributed by atoms with Gasteiger partial charge in [-0.3, -0.25) is 4.79 Å². The fraction of sp³-hybridized carbons (Fsp3) is 0.850. The lowest BCUT2D eigenvalue weighted by molar-refractivity contribution is -0.174. The molecule has 5 heteroatoms. The number of allylic oxidation sites excluding steroid dienone is 1. The molecule has 3 aliphatic rings. The molecule has 0 radical (unpaired) electrons. The van der Waals surface area contributed by atoms with Crippen LogP contribution in [0.2, 0.25) is 0 Å². The van der Waals surface area contributed by atoms with Gasteiger partial charge in [0.25, 0.3) is 0 Å². The van der Waals surface area contributed by atoms with Gasteiger partial charge < -0.3 is 20.4 Å². The van der Waals surface area contributed by atoms with Crippen LogP contribution in [-0.4, -0.2) is 45.2 Å². The molecule has 0 aromatic carbocycles. The average molecular weight is 352 g/mol. The molecule has 0 unspecified atom stereocenters. The number of aliphatic carboxylic acids is 1. The third-order valence-corrected chi connectivity index (χ3v) is 7.78. The molecule has 0 aliphatic heterocycles. The molecule has 142 valence electrons. The number of carboxylic acids is 1. The van der Waals surface area contributed by atoms with Gasteiger partial charge in [0.2, 0.25) is 0 Å². The number of carbonyl (C=O) groups is 1. The van der Waals surface area contributed by atoms with Crippen molar-refractivity contribution in [2.45, 2.75) is 71.5 Å². The summed E-state index contributed by atoms with van der Waals surface area (Å²) in [5.74, 6) is -0.500. The molecule has 0 heterocycles. The summed E-state index contributed by atoms with van der Waals surface area (Å²) >= 11 is 0.